The SMILES string of the molecule is C#CCOc1c(/C=N\NC(=O)[C@H](NC(=O)C(c2ccccc2)c2ccccc2)C(C)C)cc(Br)cc1OC. The Labute approximate surface area is 231 Å². The lowest BCUT2D eigenvalue weighted by Gasteiger charge is -2.24. The van der Waals surface area contributed by atoms with Gasteiger partial charge in [-0.25, -0.2) is 5.43 Å². The van der Waals surface area contributed by atoms with Crippen molar-refractivity contribution in [3.8, 4) is 23.8 Å². The molecule has 3 aromatic rings. The minimum Gasteiger partial charge on any atom is -0.493 e. The number of halogens is 1. The van der Waals surface area contributed by atoms with Crippen LogP contribution in [0, 0.1) is 18.3 Å². The fourth-order valence-corrected chi connectivity index (χ4v) is 4.35. The summed E-state index contributed by atoms with van der Waals surface area (Å²) in [5.41, 5.74) is 4.75. The third kappa shape index (κ3) is 7.46. The van der Waals surface area contributed by atoms with Crippen LogP contribution in [0.25, 0.3) is 0 Å². The number of amides is 2. The van der Waals surface area contributed by atoms with Gasteiger partial charge in [-0.3, -0.25) is 9.59 Å². The summed E-state index contributed by atoms with van der Waals surface area (Å²) < 4.78 is 11.7. The summed E-state index contributed by atoms with van der Waals surface area (Å²) in [6, 6.07) is 21.6. The van der Waals surface area contributed by atoms with E-state index >= 15 is 0 Å². The number of carbonyl (C=O) groups excluding carboxylic acids is 2. The number of ether oxygens (including phenoxy) is 2. The topological polar surface area (TPSA) is 89.0 Å². The molecule has 0 radical (unpaired) electrons. The van der Waals surface area contributed by atoms with Crippen LogP contribution >= 0.6 is 15.9 Å². The second kappa shape index (κ2) is 14.0. The maximum Gasteiger partial charge on any atom is 0.262 e. The van der Waals surface area contributed by atoms with Crippen LogP contribution in [0.15, 0.2) is 82.4 Å². The van der Waals surface area contributed by atoms with Gasteiger partial charge in [-0.1, -0.05) is 96.4 Å². The minimum absolute atomic E-state index is 0.0383. The Morgan fingerprint density at radius 2 is 1.63 bits per heavy atom. The summed E-state index contributed by atoms with van der Waals surface area (Å²) in [5.74, 6) is 1.79. The summed E-state index contributed by atoms with van der Waals surface area (Å²) in [5, 5.41) is 7.04. The number of carbonyl (C=O) groups is 2. The van der Waals surface area contributed by atoms with Crippen LogP contribution in [0.3, 0.4) is 0 Å². The van der Waals surface area contributed by atoms with Gasteiger partial charge in [-0.15, -0.1) is 6.42 Å². The third-order valence-corrected chi connectivity index (χ3v) is 6.18. The van der Waals surface area contributed by atoms with Crippen molar-refractivity contribution < 1.29 is 19.1 Å². The Kier molecular flexibility index (Phi) is 10.5. The summed E-state index contributed by atoms with van der Waals surface area (Å²) in [7, 11) is 1.52. The normalized spacial score (nSPS) is 11.7. The van der Waals surface area contributed by atoms with E-state index in [1.165, 1.54) is 13.3 Å². The van der Waals surface area contributed by atoms with Crippen molar-refractivity contribution >= 4 is 34.0 Å². The Bertz CT molecular complexity index is 1260. The second-order valence-electron chi connectivity index (χ2n) is 8.74. The molecule has 0 fully saturated rings. The van der Waals surface area contributed by atoms with E-state index in [0.29, 0.717) is 17.1 Å². The zero-order valence-corrected chi connectivity index (χ0v) is 23.1. The molecule has 0 unspecified atom stereocenters. The van der Waals surface area contributed by atoms with E-state index in [1.54, 1.807) is 12.1 Å². The number of nitrogens with one attached hydrogen (secondary N) is 2. The molecular weight excluding hydrogens is 546 g/mol. The predicted molar refractivity (Wildman–Crippen MR) is 152 cm³/mol. The highest BCUT2D eigenvalue weighted by Gasteiger charge is 2.29. The molecule has 8 heteroatoms. The van der Waals surface area contributed by atoms with E-state index in [1.807, 2.05) is 74.5 Å². The van der Waals surface area contributed by atoms with Crippen LogP contribution in [0.4, 0.5) is 0 Å². The molecular formula is C30H30BrN3O4. The maximum absolute atomic E-state index is 13.5. The van der Waals surface area contributed by atoms with Crippen molar-refractivity contribution in [2.24, 2.45) is 11.0 Å². The number of hydrogen-bond acceptors (Lipinski definition) is 5. The fraction of sp³-hybridized carbons (Fsp3) is 0.233. The zero-order chi connectivity index (χ0) is 27.5. The first-order valence-corrected chi connectivity index (χ1v) is 12.8. The molecule has 0 spiro atoms. The van der Waals surface area contributed by atoms with Gasteiger partial charge in [0.25, 0.3) is 5.91 Å². The van der Waals surface area contributed by atoms with Gasteiger partial charge in [0.2, 0.25) is 5.91 Å². The van der Waals surface area contributed by atoms with Crippen LogP contribution in [0.5, 0.6) is 11.5 Å². The number of benzene rings is 3. The molecule has 196 valence electrons. The molecule has 7 nitrogen and oxygen atoms in total. The van der Waals surface area contributed by atoms with Gasteiger partial charge in [0, 0.05) is 10.0 Å². The predicted octanol–water partition coefficient (Wildman–Crippen LogP) is 4.89. The van der Waals surface area contributed by atoms with Gasteiger partial charge in [0.1, 0.15) is 12.6 Å². The summed E-state index contributed by atoms with van der Waals surface area (Å²) in [6.07, 6.45) is 6.77. The molecule has 3 aromatic carbocycles. The Morgan fingerprint density at radius 1 is 1.03 bits per heavy atom. The van der Waals surface area contributed by atoms with Crippen molar-refractivity contribution in [3.05, 3.63) is 94.0 Å². The molecule has 0 heterocycles. The molecule has 2 amide bonds. The van der Waals surface area contributed by atoms with E-state index in [-0.39, 0.29) is 18.4 Å². The van der Waals surface area contributed by atoms with E-state index < -0.39 is 17.9 Å². The first-order valence-electron chi connectivity index (χ1n) is 12.0. The molecule has 1 atom stereocenters. The lowest BCUT2D eigenvalue weighted by atomic mass is 9.89. The average Bonchev–Trinajstić information content (AvgIpc) is 2.92. The number of rotatable bonds is 11. The van der Waals surface area contributed by atoms with Gasteiger partial charge in [-0.05, 0) is 29.2 Å². The third-order valence-electron chi connectivity index (χ3n) is 5.72. The second-order valence-corrected chi connectivity index (χ2v) is 9.65. The fourth-order valence-electron chi connectivity index (χ4n) is 3.90. The van der Waals surface area contributed by atoms with E-state index in [0.717, 1.165) is 15.6 Å². The lowest BCUT2D eigenvalue weighted by molar-refractivity contribution is -0.130. The van der Waals surface area contributed by atoms with Crippen molar-refractivity contribution in [2.45, 2.75) is 25.8 Å². The van der Waals surface area contributed by atoms with Crippen LogP contribution in [0.1, 0.15) is 36.5 Å². The van der Waals surface area contributed by atoms with Crippen molar-refractivity contribution in [2.75, 3.05) is 13.7 Å². The first-order chi connectivity index (χ1) is 18.3. The molecule has 0 aliphatic carbocycles. The van der Waals surface area contributed by atoms with Crippen LogP contribution < -0.4 is 20.2 Å². The van der Waals surface area contributed by atoms with Crippen LogP contribution in [-0.2, 0) is 9.59 Å². The standard InChI is InChI=1S/C30H30BrN3O4/c1-5-16-38-28-23(17-24(31)18-25(28)37-4)19-32-34-30(36)27(20(2)3)33-29(35)26(21-12-8-6-9-13-21)22-14-10-7-11-15-22/h1,6-15,17-20,26-27H,16H2,2-4H3,(H,33,35)(H,34,36)/b32-19-/t27-/m1/s1. The maximum atomic E-state index is 13.5. The highest BCUT2D eigenvalue weighted by Crippen LogP contribution is 2.34. The van der Waals surface area contributed by atoms with Crippen molar-refractivity contribution in [3.63, 3.8) is 0 Å². The Balaban J connectivity index is 1.80. The Hall–Kier alpha value is -4.09. The molecule has 0 saturated heterocycles. The molecule has 3 rings (SSSR count). The Morgan fingerprint density at radius 3 is 2.16 bits per heavy atom. The average molecular weight is 576 g/mol. The minimum atomic E-state index is -0.816. The number of hydrogen-bond donors (Lipinski definition) is 2. The van der Waals surface area contributed by atoms with Crippen molar-refractivity contribution in [1.82, 2.24) is 10.7 Å². The van der Waals surface area contributed by atoms with Gasteiger partial charge in [0.15, 0.2) is 11.5 Å². The monoisotopic (exact) mass is 575 g/mol. The van der Waals surface area contributed by atoms with Gasteiger partial charge in [0.05, 0.1) is 19.2 Å². The van der Waals surface area contributed by atoms with E-state index in [2.05, 4.69) is 37.7 Å². The first kappa shape index (κ1) is 28.5. The number of hydrazone groups is 1. The van der Waals surface area contributed by atoms with Gasteiger partial charge >= 0.3 is 0 Å². The summed E-state index contributed by atoms with van der Waals surface area (Å²) >= 11 is 3.43. The quantitative estimate of drug-likeness (QED) is 0.193. The molecule has 0 aromatic heterocycles. The van der Waals surface area contributed by atoms with Crippen LogP contribution in [0.2, 0.25) is 0 Å². The van der Waals surface area contributed by atoms with Gasteiger partial charge in [-0.2, -0.15) is 5.10 Å². The number of methoxy groups -OCH3 is 1. The smallest absolute Gasteiger partial charge is 0.262 e. The molecule has 38 heavy (non-hydrogen) atoms. The largest absolute Gasteiger partial charge is 0.493 e. The molecule has 0 saturated carbocycles. The summed E-state index contributed by atoms with van der Waals surface area (Å²) in [4.78, 5) is 26.7. The lowest BCUT2D eigenvalue weighted by Crippen LogP contribution is -2.50. The van der Waals surface area contributed by atoms with Crippen molar-refractivity contribution in [1.29, 1.82) is 0 Å². The molecule has 0 aliphatic heterocycles. The van der Waals surface area contributed by atoms with Gasteiger partial charge < -0.3 is 14.8 Å². The molecule has 0 aliphatic rings. The van der Waals surface area contributed by atoms with E-state index in [4.69, 9.17) is 15.9 Å². The molecule has 2 N–H and O–H groups in total. The van der Waals surface area contributed by atoms with Crippen LogP contribution in [-0.4, -0.2) is 37.8 Å². The highest BCUT2D eigenvalue weighted by molar-refractivity contribution is 9.10. The van der Waals surface area contributed by atoms with E-state index in [9.17, 15) is 9.59 Å². The molecule has 0 bridgehead atoms. The number of nitrogens with zero attached hydrogens (tertiary/aromatic N) is 1. The highest BCUT2D eigenvalue weighted by atomic mass is 79.9. The number of terminal acetylenes is 1. The zero-order valence-electron chi connectivity index (χ0n) is 21.5. The summed E-state index contributed by atoms with van der Waals surface area (Å²) in [6.45, 7) is 3.76.